The van der Waals surface area contributed by atoms with Gasteiger partial charge < -0.3 is 16.0 Å². The van der Waals surface area contributed by atoms with Gasteiger partial charge in [0.05, 0.1) is 11.3 Å². The quantitative estimate of drug-likeness (QED) is 0.827. The zero-order valence-corrected chi connectivity index (χ0v) is 15.5. The van der Waals surface area contributed by atoms with E-state index in [0.29, 0.717) is 25.5 Å². The van der Waals surface area contributed by atoms with Gasteiger partial charge in [0.2, 0.25) is 11.8 Å². The molecule has 1 fully saturated rings. The molecule has 0 spiro atoms. The van der Waals surface area contributed by atoms with Gasteiger partial charge in [-0.15, -0.1) is 0 Å². The maximum atomic E-state index is 13.0. The minimum absolute atomic E-state index is 0.0693. The van der Waals surface area contributed by atoms with E-state index in [0.717, 1.165) is 31.2 Å². The molecule has 6 nitrogen and oxygen atoms in total. The zero-order valence-electron chi connectivity index (χ0n) is 15.5. The molecule has 6 heteroatoms. The van der Waals surface area contributed by atoms with Gasteiger partial charge in [0.15, 0.2) is 0 Å². The van der Waals surface area contributed by atoms with Crippen LogP contribution in [0.4, 0.5) is 5.82 Å². The number of aromatic nitrogens is 1. The zero-order chi connectivity index (χ0) is 18.4. The minimum Gasteiger partial charge on any atom is -0.341 e. The second-order valence-electron chi connectivity index (χ2n) is 6.99. The highest BCUT2D eigenvalue weighted by atomic mass is 16.2. The molecule has 0 aliphatic carbocycles. The van der Waals surface area contributed by atoms with Crippen LogP contribution >= 0.6 is 0 Å². The van der Waals surface area contributed by atoms with E-state index in [2.05, 4.69) is 10.3 Å². The Morgan fingerprint density at radius 2 is 2.08 bits per heavy atom. The van der Waals surface area contributed by atoms with E-state index in [-0.39, 0.29) is 17.7 Å². The van der Waals surface area contributed by atoms with Gasteiger partial charge in [-0.05, 0) is 44.2 Å². The Kier molecular flexibility index (Phi) is 6.53. The summed E-state index contributed by atoms with van der Waals surface area (Å²) < 4.78 is 0. The lowest BCUT2D eigenvalue weighted by molar-refractivity contribution is -0.144. The fourth-order valence-corrected chi connectivity index (χ4v) is 3.41. The van der Waals surface area contributed by atoms with Crippen LogP contribution in [0.1, 0.15) is 45.1 Å². The van der Waals surface area contributed by atoms with Crippen molar-refractivity contribution < 1.29 is 9.59 Å². The number of piperidine rings is 1. The molecule has 1 unspecified atom stereocenters. The van der Waals surface area contributed by atoms with Gasteiger partial charge in [-0.25, -0.2) is 4.98 Å². The smallest absolute Gasteiger partial charge is 0.230 e. The Hall–Kier alpha value is -1.95. The first-order valence-electron chi connectivity index (χ1n) is 9.18. The summed E-state index contributed by atoms with van der Waals surface area (Å²) in [6.07, 6.45) is 4.79. The molecule has 1 aromatic rings. The number of nitrogens with zero attached hydrogens (tertiary/aromatic N) is 2. The summed E-state index contributed by atoms with van der Waals surface area (Å²) in [5.41, 5.74) is 6.45. The molecule has 138 valence electrons. The molecule has 1 saturated heterocycles. The number of hydrogen-bond donors (Lipinski definition) is 2. The second kappa shape index (κ2) is 8.43. The van der Waals surface area contributed by atoms with E-state index in [1.54, 1.807) is 12.3 Å². The van der Waals surface area contributed by atoms with Crippen LogP contribution in [0.5, 0.6) is 0 Å². The van der Waals surface area contributed by atoms with Crippen molar-refractivity contribution in [2.45, 2.75) is 46.5 Å². The summed E-state index contributed by atoms with van der Waals surface area (Å²) >= 11 is 0. The molecule has 1 aliphatic rings. The fraction of sp³-hybridized carbons (Fsp3) is 0.632. The van der Waals surface area contributed by atoms with E-state index in [4.69, 9.17) is 5.73 Å². The third-order valence-corrected chi connectivity index (χ3v) is 5.44. The summed E-state index contributed by atoms with van der Waals surface area (Å²) in [7, 11) is 0. The number of rotatable bonds is 6. The van der Waals surface area contributed by atoms with Crippen LogP contribution in [0, 0.1) is 18.3 Å². The predicted molar refractivity (Wildman–Crippen MR) is 99.0 cm³/mol. The molecule has 3 N–H and O–H groups in total. The number of carbonyl (C=O) groups is 2. The number of nitrogens with one attached hydrogen (secondary N) is 1. The summed E-state index contributed by atoms with van der Waals surface area (Å²) in [5.74, 6) is 0.369. The molecule has 25 heavy (non-hydrogen) atoms. The predicted octanol–water partition coefficient (Wildman–Crippen LogP) is 2.33. The third kappa shape index (κ3) is 4.37. The highest BCUT2D eigenvalue weighted by Gasteiger charge is 2.39. The number of likely N-dealkylation sites (tertiary alicyclic amines) is 1. The van der Waals surface area contributed by atoms with Crippen molar-refractivity contribution in [3.63, 3.8) is 0 Å². The lowest BCUT2D eigenvalue weighted by Crippen LogP contribution is -2.52. The number of hydrogen-bond acceptors (Lipinski definition) is 4. The molecule has 0 aromatic carbocycles. The number of anilines is 1. The van der Waals surface area contributed by atoms with Crippen molar-refractivity contribution in [1.29, 1.82) is 0 Å². The average Bonchev–Trinajstić information content (AvgIpc) is 2.65. The normalized spacial score (nSPS) is 18.1. The molecule has 0 bridgehead atoms. The molecule has 1 atom stereocenters. The first-order valence-corrected chi connectivity index (χ1v) is 9.18. The van der Waals surface area contributed by atoms with Crippen LogP contribution in [0.15, 0.2) is 18.3 Å². The molecule has 1 aliphatic heterocycles. The average molecular weight is 346 g/mol. The van der Waals surface area contributed by atoms with Gasteiger partial charge in [0.25, 0.3) is 0 Å². The first-order chi connectivity index (χ1) is 12.0. The van der Waals surface area contributed by atoms with Crippen molar-refractivity contribution >= 4 is 17.6 Å². The SMILES string of the molecule is CCC(CC)(CN)C(=O)N1CCCC(C(=O)Nc2ccc(C)cn2)C1. The number of nitrogens with two attached hydrogens (primary N) is 1. The molecular weight excluding hydrogens is 316 g/mol. The van der Waals surface area contributed by atoms with Crippen molar-refractivity contribution in [3.8, 4) is 0 Å². The van der Waals surface area contributed by atoms with Gasteiger partial charge in [0.1, 0.15) is 5.82 Å². The van der Waals surface area contributed by atoms with Crippen LogP contribution in [0.25, 0.3) is 0 Å². The van der Waals surface area contributed by atoms with Crippen LogP contribution in [-0.2, 0) is 9.59 Å². The highest BCUT2D eigenvalue weighted by Crippen LogP contribution is 2.30. The Labute approximate surface area is 150 Å². The van der Waals surface area contributed by atoms with E-state index < -0.39 is 5.41 Å². The van der Waals surface area contributed by atoms with E-state index >= 15 is 0 Å². The standard InChI is InChI=1S/C19H30N4O2/c1-4-19(5-2,13-20)18(25)23-10-6-7-15(12-23)17(24)22-16-9-8-14(3)11-21-16/h8-9,11,15H,4-7,10,12-13,20H2,1-3H3,(H,21,22,24). The first kappa shape index (κ1) is 19.4. The molecule has 1 aromatic heterocycles. The van der Waals surface area contributed by atoms with E-state index in [1.807, 2.05) is 31.7 Å². The second-order valence-corrected chi connectivity index (χ2v) is 6.99. The van der Waals surface area contributed by atoms with Crippen molar-refractivity contribution in [1.82, 2.24) is 9.88 Å². The van der Waals surface area contributed by atoms with Crippen molar-refractivity contribution in [2.24, 2.45) is 17.1 Å². The maximum absolute atomic E-state index is 13.0. The lowest BCUT2D eigenvalue weighted by atomic mass is 9.80. The largest absolute Gasteiger partial charge is 0.341 e. The maximum Gasteiger partial charge on any atom is 0.230 e. The van der Waals surface area contributed by atoms with Crippen molar-refractivity contribution in [3.05, 3.63) is 23.9 Å². The van der Waals surface area contributed by atoms with Crippen LogP contribution in [0.2, 0.25) is 0 Å². The lowest BCUT2D eigenvalue weighted by Gasteiger charge is -2.39. The molecule has 2 heterocycles. The van der Waals surface area contributed by atoms with E-state index in [9.17, 15) is 9.59 Å². The number of aryl methyl sites for hydroxylation is 1. The van der Waals surface area contributed by atoms with Gasteiger partial charge in [-0.2, -0.15) is 0 Å². The van der Waals surface area contributed by atoms with Crippen LogP contribution in [-0.4, -0.2) is 41.3 Å². The Morgan fingerprint density at radius 3 is 2.64 bits per heavy atom. The number of carbonyl (C=O) groups excluding carboxylic acids is 2. The monoisotopic (exact) mass is 346 g/mol. The Balaban J connectivity index is 2.03. The Morgan fingerprint density at radius 1 is 1.36 bits per heavy atom. The molecule has 2 amide bonds. The van der Waals surface area contributed by atoms with Gasteiger partial charge >= 0.3 is 0 Å². The summed E-state index contributed by atoms with van der Waals surface area (Å²) in [4.78, 5) is 31.6. The molecule has 2 rings (SSSR count). The highest BCUT2D eigenvalue weighted by molar-refractivity contribution is 5.92. The summed E-state index contributed by atoms with van der Waals surface area (Å²) in [6, 6.07) is 3.71. The Bertz CT molecular complexity index is 588. The van der Waals surface area contributed by atoms with Gasteiger partial charge in [-0.1, -0.05) is 19.9 Å². The summed E-state index contributed by atoms with van der Waals surface area (Å²) in [6.45, 7) is 7.47. The fourth-order valence-electron chi connectivity index (χ4n) is 3.41. The minimum atomic E-state index is -0.503. The van der Waals surface area contributed by atoms with Crippen LogP contribution < -0.4 is 11.1 Å². The summed E-state index contributed by atoms with van der Waals surface area (Å²) in [5, 5.41) is 2.87. The van der Waals surface area contributed by atoms with Crippen molar-refractivity contribution in [2.75, 3.05) is 25.0 Å². The number of amides is 2. The number of pyridine rings is 1. The van der Waals surface area contributed by atoms with Crippen LogP contribution in [0.3, 0.4) is 0 Å². The van der Waals surface area contributed by atoms with Gasteiger partial charge in [0, 0.05) is 25.8 Å². The van der Waals surface area contributed by atoms with E-state index in [1.165, 1.54) is 0 Å². The molecular formula is C19H30N4O2. The molecule has 0 saturated carbocycles. The molecule has 0 radical (unpaired) electrons. The van der Waals surface area contributed by atoms with Gasteiger partial charge in [-0.3, -0.25) is 9.59 Å². The third-order valence-electron chi connectivity index (χ3n) is 5.44. The topological polar surface area (TPSA) is 88.3 Å².